The first-order valence-electron chi connectivity index (χ1n) is 8.75. The zero-order chi connectivity index (χ0) is 18.1. The summed E-state index contributed by atoms with van der Waals surface area (Å²) in [7, 11) is 0. The lowest BCUT2D eigenvalue weighted by Gasteiger charge is -2.11. The monoisotopic (exact) mass is 488 g/mol. The van der Waals surface area contributed by atoms with E-state index in [1.54, 1.807) is 11.3 Å². The van der Waals surface area contributed by atoms with E-state index >= 15 is 0 Å². The van der Waals surface area contributed by atoms with Crippen LogP contribution in [0.3, 0.4) is 0 Å². The van der Waals surface area contributed by atoms with Crippen LogP contribution in [-0.4, -0.2) is 30.1 Å². The normalized spacial score (nSPS) is 11.2. The molecule has 0 aliphatic carbocycles. The maximum Gasteiger partial charge on any atom is 0.191 e. The molecule has 144 valence electrons. The minimum absolute atomic E-state index is 0. The van der Waals surface area contributed by atoms with Gasteiger partial charge in [-0.05, 0) is 45.4 Å². The molecule has 0 radical (unpaired) electrons. The molecule has 0 spiro atoms. The van der Waals surface area contributed by atoms with Crippen molar-refractivity contribution in [2.75, 3.05) is 13.1 Å². The quantitative estimate of drug-likeness (QED) is 0.333. The van der Waals surface area contributed by atoms with E-state index in [9.17, 15) is 0 Å². The van der Waals surface area contributed by atoms with Crippen molar-refractivity contribution >= 4 is 41.3 Å². The van der Waals surface area contributed by atoms with E-state index in [0.29, 0.717) is 6.54 Å². The molecule has 1 heterocycles. The van der Waals surface area contributed by atoms with Gasteiger partial charge in [0, 0.05) is 24.9 Å². The Bertz CT molecular complexity index is 670. The van der Waals surface area contributed by atoms with Crippen LogP contribution < -0.4 is 15.4 Å². The molecule has 5 nitrogen and oxygen atoms in total. The summed E-state index contributed by atoms with van der Waals surface area (Å²) < 4.78 is 5.66. The Labute approximate surface area is 177 Å². The van der Waals surface area contributed by atoms with Gasteiger partial charge in [0.25, 0.3) is 0 Å². The molecular weight excluding hydrogens is 459 g/mol. The van der Waals surface area contributed by atoms with Crippen molar-refractivity contribution < 1.29 is 4.74 Å². The number of nitrogens with zero attached hydrogens (tertiary/aromatic N) is 2. The van der Waals surface area contributed by atoms with E-state index in [0.717, 1.165) is 47.5 Å². The third kappa shape index (κ3) is 8.35. The van der Waals surface area contributed by atoms with Gasteiger partial charge in [0.15, 0.2) is 5.96 Å². The number of aryl methyl sites for hydroxylation is 1. The fourth-order valence-electron chi connectivity index (χ4n) is 2.29. The summed E-state index contributed by atoms with van der Waals surface area (Å²) in [6.45, 7) is 10.4. The van der Waals surface area contributed by atoms with Crippen LogP contribution in [0.5, 0.6) is 5.75 Å². The SMILES string of the molecule is CCNC(=NCc1ccc(OC(C)C)cc1)NCCc1csc(C)n1.I. The lowest BCUT2D eigenvalue weighted by atomic mass is 10.2. The largest absolute Gasteiger partial charge is 0.491 e. The Morgan fingerprint density at radius 2 is 1.96 bits per heavy atom. The first kappa shape index (κ1) is 22.7. The number of guanidine groups is 1. The van der Waals surface area contributed by atoms with Gasteiger partial charge in [0.2, 0.25) is 0 Å². The highest BCUT2D eigenvalue weighted by Gasteiger charge is 2.02. The lowest BCUT2D eigenvalue weighted by molar-refractivity contribution is 0.242. The van der Waals surface area contributed by atoms with Gasteiger partial charge in [-0.15, -0.1) is 35.3 Å². The van der Waals surface area contributed by atoms with E-state index in [1.165, 1.54) is 0 Å². The molecule has 2 aromatic rings. The highest BCUT2D eigenvalue weighted by molar-refractivity contribution is 14.0. The summed E-state index contributed by atoms with van der Waals surface area (Å²) in [6, 6.07) is 8.11. The first-order valence-corrected chi connectivity index (χ1v) is 9.63. The highest BCUT2D eigenvalue weighted by atomic mass is 127. The molecule has 0 fully saturated rings. The van der Waals surface area contributed by atoms with Gasteiger partial charge in [-0.3, -0.25) is 0 Å². The molecular formula is C19H29IN4OS. The molecule has 0 amide bonds. The molecule has 0 saturated heterocycles. The van der Waals surface area contributed by atoms with Gasteiger partial charge in [-0.25, -0.2) is 9.98 Å². The summed E-state index contributed by atoms with van der Waals surface area (Å²) in [5, 5.41) is 9.87. The van der Waals surface area contributed by atoms with Gasteiger partial charge >= 0.3 is 0 Å². The Morgan fingerprint density at radius 1 is 1.23 bits per heavy atom. The average molecular weight is 488 g/mol. The van der Waals surface area contributed by atoms with Gasteiger partial charge in [0.05, 0.1) is 23.4 Å². The molecule has 26 heavy (non-hydrogen) atoms. The van der Waals surface area contributed by atoms with Crippen LogP contribution >= 0.6 is 35.3 Å². The molecule has 0 aliphatic rings. The topological polar surface area (TPSA) is 58.5 Å². The number of benzene rings is 1. The Hall–Kier alpha value is -1.35. The van der Waals surface area contributed by atoms with Gasteiger partial charge in [-0.1, -0.05) is 12.1 Å². The maximum atomic E-state index is 5.66. The summed E-state index contributed by atoms with van der Waals surface area (Å²) in [5.41, 5.74) is 2.29. The fraction of sp³-hybridized carbons (Fsp3) is 0.474. The van der Waals surface area contributed by atoms with Crippen LogP contribution in [0, 0.1) is 6.92 Å². The van der Waals surface area contributed by atoms with Crippen molar-refractivity contribution in [3.63, 3.8) is 0 Å². The zero-order valence-electron chi connectivity index (χ0n) is 15.9. The Morgan fingerprint density at radius 3 is 2.54 bits per heavy atom. The molecule has 7 heteroatoms. The highest BCUT2D eigenvalue weighted by Crippen LogP contribution is 2.14. The van der Waals surface area contributed by atoms with Crippen molar-refractivity contribution in [1.29, 1.82) is 0 Å². The number of aliphatic imine (C=N–C) groups is 1. The van der Waals surface area contributed by atoms with Gasteiger partial charge in [0.1, 0.15) is 5.75 Å². The van der Waals surface area contributed by atoms with Crippen LogP contribution in [0.1, 0.15) is 37.0 Å². The number of hydrogen-bond donors (Lipinski definition) is 2. The molecule has 0 atom stereocenters. The Kier molecular flexibility index (Phi) is 10.6. The van der Waals surface area contributed by atoms with E-state index < -0.39 is 0 Å². The van der Waals surface area contributed by atoms with Crippen LogP contribution in [0.15, 0.2) is 34.6 Å². The summed E-state index contributed by atoms with van der Waals surface area (Å²) in [5.74, 6) is 1.73. The summed E-state index contributed by atoms with van der Waals surface area (Å²) in [4.78, 5) is 9.13. The number of hydrogen-bond acceptors (Lipinski definition) is 4. The number of nitrogens with one attached hydrogen (secondary N) is 2. The molecule has 0 unspecified atom stereocenters. The van der Waals surface area contributed by atoms with Crippen LogP contribution in [0.2, 0.25) is 0 Å². The minimum atomic E-state index is 0. The average Bonchev–Trinajstić information content (AvgIpc) is 2.99. The Balaban J connectivity index is 0.00000338. The minimum Gasteiger partial charge on any atom is -0.491 e. The second-order valence-corrected chi connectivity index (χ2v) is 7.10. The van der Waals surface area contributed by atoms with Gasteiger partial charge in [-0.2, -0.15) is 0 Å². The van der Waals surface area contributed by atoms with Crippen molar-refractivity contribution in [2.24, 2.45) is 4.99 Å². The number of rotatable bonds is 8. The molecule has 2 rings (SSSR count). The number of ether oxygens (including phenoxy) is 1. The van der Waals surface area contributed by atoms with Crippen molar-refractivity contribution in [1.82, 2.24) is 15.6 Å². The van der Waals surface area contributed by atoms with Crippen molar-refractivity contribution in [3.8, 4) is 5.75 Å². The third-order valence-corrected chi connectivity index (χ3v) is 4.22. The molecule has 0 aliphatic heterocycles. The second kappa shape index (κ2) is 12.1. The predicted molar refractivity (Wildman–Crippen MR) is 121 cm³/mol. The first-order chi connectivity index (χ1) is 12.1. The third-order valence-electron chi connectivity index (χ3n) is 3.40. The standard InChI is InChI=1S/C19H28N4OS.HI/c1-5-20-19(21-11-10-17-13-25-15(4)23-17)22-12-16-6-8-18(9-7-16)24-14(2)3;/h6-9,13-14H,5,10-12H2,1-4H3,(H2,20,21,22);1H. The maximum absolute atomic E-state index is 5.66. The second-order valence-electron chi connectivity index (χ2n) is 6.04. The summed E-state index contributed by atoms with van der Waals surface area (Å²) >= 11 is 1.69. The number of thiazole rings is 1. The van der Waals surface area contributed by atoms with Crippen LogP contribution in [-0.2, 0) is 13.0 Å². The predicted octanol–water partition coefficient (Wildman–Crippen LogP) is 4.15. The van der Waals surface area contributed by atoms with E-state index in [2.05, 4.69) is 45.0 Å². The van der Waals surface area contributed by atoms with Crippen LogP contribution in [0.4, 0.5) is 0 Å². The molecule has 0 bridgehead atoms. The fourth-order valence-corrected chi connectivity index (χ4v) is 2.94. The van der Waals surface area contributed by atoms with E-state index in [-0.39, 0.29) is 30.1 Å². The van der Waals surface area contributed by atoms with E-state index in [4.69, 9.17) is 4.74 Å². The smallest absolute Gasteiger partial charge is 0.191 e. The van der Waals surface area contributed by atoms with Crippen molar-refractivity contribution in [3.05, 3.63) is 45.9 Å². The summed E-state index contributed by atoms with van der Waals surface area (Å²) in [6.07, 6.45) is 1.09. The van der Waals surface area contributed by atoms with Crippen molar-refractivity contribution in [2.45, 2.75) is 46.8 Å². The van der Waals surface area contributed by atoms with E-state index in [1.807, 2.05) is 32.9 Å². The number of aromatic nitrogens is 1. The molecule has 2 N–H and O–H groups in total. The molecule has 1 aromatic carbocycles. The van der Waals surface area contributed by atoms with Gasteiger partial charge < -0.3 is 15.4 Å². The lowest BCUT2D eigenvalue weighted by Crippen LogP contribution is -2.38. The molecule has 0 saturated carbocycles. The zero-order valence-corrected chi connectivity index (χ0v) is 19.1. The number of halogens is 1. The van der Waals surface area contributed by atoms with Crippen LogP contribution in [0.25, 0.3) is 0 Å². The molecule has 1 aromatic heterocycles.